The summed E-state index contributed by atoms with van der Waals surface area (Å²) in [5.41, 5.74) is 0.763. The van der Waals surface area contributed by atoms with Crippen molar-refractivity contribution in [3.05, 3.63) is 77.7 Å². The molecule has 1 heterocycles. The summed E-state index contributed by atoms with van der Waals surface area (Å²) in [6.07, 6.45) is 0. The molecule has 0 aliphatic heterocycles. The molecule has 0 saturated carbocycles. The summed E-state index contributed by atoms with van der Waals surface area (Å²) >= 11 is 0. The molecule has 30 heavy (non-hydrogen) atoms. The Morgan fingerprint density at radius 1 is 1.03 bits per heavy atom. The highest BCUT2D eigenvalue weighted by atomic mass is 19.3. The van der Waals surface area contributed by atoms with Crippen molar-refractivity contribution in [3.8, 4) is 17.2 Å². The Bertz CT molecular complexity index is 972. The highest BCUT2D eigenvalue weighted by molar-refractivity contribution is 5.91. The van der Waals surface area contributed by atoms with Gasteiger partial charge in [0.15, 0.2) is 17.3 Å². The lowest BCUT2D eigenvalue weighted by atomic mass is 10.2. The topological polar surface area (TPSA) is 61.1 Å². The maximum Gasteiger partial charge on any atom is 0.387 e. The van der Waals surface area contributed by atoms with Crippen molar-refractivity contribution < 1.29 is 32.2 Å². The molecule has 0 fully saturated rings. The molecule has 0 aliphatic rings. The highest BCUT2D eigenvalue weighted by Gasteiger charge is 2.17. The molecule has 3 aromatic rings. The smallest absolute Gasteiger partial charge is 0.387 e. The van der Waals surface area contributed by atoms with Gasteiger partial charge in [-0.2, -0.15) is 8.78 Å². The largest absolute Gasteiger partial charge is 0.493 e. The number of methoxy groups -OCH3 is 1. The molecular weight excluding hydrogens is 396 g/mol. The average Bonchev–Trinajstić information content (AvgIpc) is 3.22. The predicted molar refractivity (Wildman–Crippen MR) is 105 cm³/mol. The van der Waals surface area contributed by atoms with E-state index in [0.29, 0.717) is 17.3 Å². The molecule has 8 heteroatoms. The maximum absolute atomic E-state index is 12.6. The first-order chi connectivity index (χ1) is 14.5. The minimum atomic E-state index is -2.87. The third-order valence-corrected chi connectivity index (χ3v) is 4.23. The van der Waals surface area contributed by atoms with Crippen molar-refractivity contribution in [2.24, 2.45) is 0 Å². The van der Waals surface area contributed by atoms with Crippen molar-refractivity contribution in [2.45, 2.75) is 19.8 Å². The first kappa shape index (κ1) is 21.2. The number of nitrogens with zero attached hydrogens (tertiary/aromatic N) is 1. The number of furan rings is 1. The van der Waals surface area contributed by atoms with Gasteiger partial charge in [0, 0.05) is 13.6 Å². The van der Waals surface area contributed by atoms with E-state index in [-0.39, 0.29) is 30.6 Å². The van der Waals surface area contributed by atoms with Gasteiger partial charge in [-0.05, 0) is 42.0 Å². The lowest BCUT2D eigenvalue weighted by Crippen LogP contribution is -2.25. The fourth-order valence-electron chi connectivity index (χ4n) is 2.77. The van der Waals surface area contributed by atoms with E-state index in [1.165, 1.54) is 17.0 Å². The maximum atomic E-state index is 12.6. The molecule has 0 saturated heterocycles. The van der Waals surface area contributed by atoms with Gasteiger partial charge in [-0.25, -0.2) is 0 Å². The first-order valence-electron chi connectivity index (χ1n) is 9.10. The van der Waals surface area contributed by atoms with Gasteiger partial charge >= 0.3 is 6.61 Å². The summed E-state index contributed by atoms with van der Waals surface area (Å²) < 4.78 is 45.3. The van der Waals surface area contributed by atoms with E-state index in [1.54, 1.807) is 50.6 Å². The van der Waals surface area contributed by atoms with Crippen LogP contribution < -0.4 is 14.2 Å². The number of rotatable bonds is 9. The minimum absolute atomic E-state index is 0.0634. The number of para-hydroxylation sites is 2. The van der Waals surface area contributed by atoms with Crippen molar-refractivity contribution in [3.63, 3.8) is 0 Å². The number of benzene rings is 2. The van der Waals surface area contributed by atoms with E-state index in [4.69, 9.17) is 13.9 Å². The van der Waals surface area contributed by atoms with Crippen LogP contribution in [0.25, 0.3) is 0 Å². The van der Waals surface area contributed by atoms with Crippen LogP contribution in [0, 0.1) is 0 Å². The van der Waals surface area contributed by atoms with Crippen LogP contribution in [-0.2, 0) is 13.2 Å². The number of hydrogen-bond donors (Lipinski definition) is 0. The number of carbonyl (C=O) groups excluding carboxylic acids is 1. The Labute approximate surface area is 172 Å². The normalized spacial score (nSPS) is 10.7. The summed E-state index contributed by atoms with van der Waals surface area (Å²) in [7, 11) is 3.18. The summed E-state index contributed by atoms with van der Waals surface area (Å²) in [4.78, 5) is 14.1. The van der Waals surface area contributed by atoms with Gasteiger partial charge in [0.1, 0.15) is 18.1 Å². The molecular formula is C22H21F2NO5. The molecule has 0 atom stereocenters. The molecule has 0 radical (unpaired) electrons. The third kappa shape index (κ3) is 5.50. The second kappa shape index (κ2) is 9.78. The van der Waals surface area contributed by atoms with E-state index >= 15 is 0 Å². The Balaban J connectivity index is 1.57. The zero-order valence-corrected chi connectivity index (χ0v) is 16.5. The van der Waals surface area contributed by atoms with Gasteiger partial charge in [0.05, 0.1) is 7.11 Å². The van der Waals surface area contributed by atoms with E-state index in [0.717, 1.165) is 5.56 Å². The molecule has 0 spiro atoms. The number of hydrogen-bond acceptors (Lipinski definition) is 5. The summed E-state index contributed by atoms with van der Waals surface area (Å²) in [6.45, 7) is -2.45. The van der Waals surface area contributed by atoms with Crippen LogP contribution in [0.3, 0.4) is 0 Å². The van der Waals surface area contributed by atoms with Crippen LogP contribution in [0.15, 0.2) is 65.1 Å². The van der Waals surface area contributed by atoms with Crippen LogP contribution in [-0.4, -0.2) is 31.6 Å². The monoisotopic (exact) mass is 417 g/mol. The van der Waals surface area contributed by atoms with Crippen LogP contribution >= 0.6 is 0 Å². The van der Waals surface area contributed by atoms with Crippen LogP contribution in [0.2, 0.25) is 0 Å². The average molecular weight is 417 g/mol. The second-order valence-corrected chi connectivity index (χ2v) is 6.39. The van der Waals surface area contributed by atoms with Gasteiger partial charge in [-0.3, -0.25) is 4.79 Å². The molecule has 0 N–H and O–H groups in total. The van der Waals surface area contributed by atoms with E-state index in [1.807, 2.05) is 12.1 Å². The Morgan fingerprint density at radius 3 is 2.40 bits per heavy atom. The lowest BCUT2D eigenvalue weighted by molar-refractivity contribution is -0.0498. The molecule has 0 bridgehead atoms. The zero-order valence-electron chi connectivity index (χ0n) is 16.5. The second-order valence-electron chi connectivity index (χ2n) is 6.39. The molecule has 2 aromatic carbocycles. The number of halogens is 2. The quantitative estimate of drug-likeness (QED) is 0.503. The van der Waals surface area contributed by atoms with Crippen molar-refractivity contribution in [2.75, 3.05) is 14.2 Å². The first-order valence-corrected chi connectivity index (χ1v) is 9.10. The zero-order chi connectivity index (χ0) is 21.5. The van der Waals surface area contributed by atoms with Crippen molar-refractivity contribution in [1.82, 2.24) is 4.90 Å². The molecule has 6 nitrogen and oxygen atoms in total. The van der Waals surface area contributed by atoms with Gasteiger partial charge in [-0.15, -0.1) is 0 Å². The van der Waals surface area contributed by atoms with Crippen LogP contribution in [0.5, 0.6) is 17.2 Å². The fraction of sp³-hybridized carbons (Fsp3) is 0.227. The molecule has 158 valence electrons. The Kier molecular flexibility index (Phi) is 6.90. The van der Waals surface area contributed by atoms with Gasteiger partial charge in [-0.1, -0.05) is 24.3 Å². The summed E-state index contributed by atoms with van der Waals surface area (Å²) in [6, 6.07) is 16.6. The van der Waals surface area contributed by atoms with Gasteiger partial charge in [0.2, 0.25) is 0 Å². The van der Waals surface area contributed by atoms with Crippen molar-refractivity contribution >= 4 is 5.91 Å². The van der Waals surface area contributed by atoms with Gasteiger partial charge < -0.3 is 23.5 Å². The number of alkyl halides is 2. The standard InChI is InChI=1S/C22H21F2NO5/c1-25(13-15-7-9-16(10-8-15)30-22(23)24)21(26)20-12-11-17(29-20)14-28-19-6-4-3-5-18(19)27-2/h3-12,22H,13-14H2,1-2H3. The predicted octanol–water partition coefficient (Wildman–Crippen LogP) is 4.74. The lowest BCUT2D eigenvalue weighted by Gasteiger charge is -2.16. The van der Waals surface area contributed by atoms with Gasteiger partial charge in [0.25, 0.3) is 5.91 Å². The molecule has 1 aromatic heterocycles. The van der Waals surface area contributed by atoms with Crippen molar-refractivity contribution in [1.29, 1.82) is 0 Å². The minimum Gasteiger partial charge on any atom is -0.493 e. The number of amides is 1. The van der Waals surface area contributed by atoms with Crippen LogP contribution in [0.4, 0.5) is 8.78 Å². The fourth-order valence-corrected chi connectivity index (χ4v) is 2.77. The molecule has 1 amide bonds. The third-order valence-electron chi connectivity index (χ3n) is 4.23. The molecule has 0 aliphatic carbocycles. The molecule has 3 rings (SSSR count). The van der Waals surface area contributed by atoms with E-state index < -0.39 is 6.61 Å². The Morgan fingerprint density at radius 2 is 1.73 bits per heavy atom. The van der Waals surface area contributed by atoms with E-state index in [9.17, 15) is 13.6 Å². The Hall–Kier alpha value is -3.55. The molecule has 0 unspecified atom stereocenters. The number of ether oxygens (including phenoxy) is 3. The SMILES string of the molecule is COc1ccccc1OCc1ccc(C(=O)N(C)Cc2ccc(OC(F)F)cc2)o1. The summed E-state index contributed by atoms with van der Waals surface area (Å²) in [5.74, 6) is 1.59. The van der Waals surface area contributed by atoms with Crippen LogP contribution in [0.1, 0.15) is 21.9 Å². The summed E-state index contributed by atoms with van der Waals surface area (Å²) in [5, 5.41) is 0. The highest BCUT2D eigenvalue weighted by Crippen LogP contribution is 2.27. The number of carbonyl (C=O) groups is 1. The van der Waals surface area contributed by atoms with E-state index in [2.05, 4.69) is 4.74 Å².